The molecule has 0 fully saturated rings. The molecular weight excluding hydrogens is 248 g/mol. The summed E-state index contributed by atoms with van der Waals surface area (Å²) >= 11 is 0. The maximum Gasteiger partial charge on any atom is 0.153 e. The number of sulfone groups is 1. The zero-order valence-electron chi connectivity index (χ0n) is 11.3. The number of hydrogen-bond acceptors (Lipinski definition) is 4. The average molecular weight is 270 g/mol. The minimum Gasteiger partial charge on any atom is -0.310 e. The third kappa shape index (κ3) is 4.38. The van der Waals surface area contributed by atoms with Crippen LogP contribution in [0, 0.1) is 0 Å². The first-order valence-corrected chi connectivity index (χ1v) is 8.04. The highest BCUT2D eigenvalue weighted by Gasteiger charge is 2.15. The molecule has 0 aliphatic carbocycles. The molecule has 0 aliphatic heterocycles. The Balaban J connectivity index is 2.43. The van der Waals surface area contributed by atoms with Crippen LogP contribution in [-0.2, 0) is 22.8 Å². The van der Waals surface area contributed by atoms with Crippen molar-refractivity contribution in [2.24, 2.45) is 0 Å². The standard InChI is InChI=1S/C13H22N2O2S/c1-4-12-6-5-7-15-13(12)10-14-8-9-18(16,17)11(2)3/h5-7,11,14H,4,8-10H2,1-3H3. The Hall–Kier alpha value is -0.940. The van der Waals surface area contributed by atoms with Gasteiger partial charge < -0.3 is 5.32 Å². The van der Waals surface area contributed by atoms with Crippen LogP contribution in [0.2, 0.25) is 0 Å². The molecule has 0 bridgehead atoms. The van der Waals surface area contributed by atoms with Gasteiger partial charge in [0.1, 0.15) is 0 Å². The van der Waals surface area contributed by atoms with Gasteiger partial charge in [-0.25, -0.2) is 8.42 Å². The summed E-state index contributed by atoms with van der Waals surface area (Å²) in [6.07, 6.45) is 2.70. The second-order valence-corrected chi connectivity index (χ2v) is 7.23. The Kier molecular flexibility index (Phi) is 5.75. The summed E-state index contributed by atoms with van der Waals surface area (Å²) in [7, 11) is -2.95. The van der Waals surface area contributed by atoms with Gasteiger partial charge in [0.05, 0.1) is 16.7 Å². The van der Waals surface area contributed by atoms with Crippen LogP contribution in [-0.4, -0.2) is 30.9 Å². The van der Waals surface area contributed by atoms with Crippen LogP contribution in [0.25, 0.3) is 0 Å². The van der Waals surface area contributed by atoms with Gasteiger partial charge in [0, 0.05) is 19.3 Å². The molecule has 5 heteroatoms. The molecule has 0 aromatic carbocycles. The molecule has 0 radical (unpaired) electrons. The van der Waals surface area contributed by atoms with Crippen molar-refractivity contribution in [3.63, 3.8) is 0 Å². The summed E-state index contributed by atoms with van der Waals surface area (Å²) in [5, 5.41) is 2.84. The number of rotatable bonds is 7. The molecule has 0 atom stereocenters. The molecule has 0 amide bonds. The highest BCUT2D eigenvalue weighted by Crippen LogP contribution is 2.05. The van der Waals surface area contributed by atoms with Gasteiger partial charge in [-0.3, -0.25) is 4.98 Å². The predicted octanol–water partition coefficient (Wildman–Crippen LogP) is 1.56. The number of aromatic nitrogens is 1. The first-order valence-electron chi connectivity index (χ1n) is 6.32. The first kappa shape index (κ1) is 15.1. The molecule has 1 aromatic rings. The van der Waals surface area contributed by atoms with E-state index in [1.54, 1.807) is 20.0 Å². The average Bonchev–Trinajstić information content (AvgIpc) is 2.35. The molecule has 1 rings (SSSR count). The SMILES string of the molecule is CCc1cccnc1CNCCS(=O)(=O)C(C)C. The molecule has 1 aromatic heterocycles. The molecule has 0 aliphatic rings. The molecule has 1 N–H and O–H groups in total. The van der Waals surface area contributed by atoms with Gasteiger partial charge in [-0.15, -0.1) is 0 Å². The van der Waals surface area contributed by atoms with Crippen LogP contribution in [0.4, 0.5) is 0 Å². The van der Waals surface area contributed by atoms with Crippen molar-refractivity contribution in [3.8, 4) is 0 Å². The van der Waals surface area contributed by atoms with Gasteiger partial charge >= 0.3 is 0 Å². The minimum absolute atomic E-state index is 0.180. The van der Waals surface area contributed by atoms with E-state index in [0.29, 0.717) is 13.1 Å². The van der Waals surface area contributed by atoms with Crippen molar-refractivity contribution in [1.29, 1.82) is 0 Å². The van der Waals surface area contributed by atoms with E-state index >= 15 is 0 Å². The molecule has 1 heterocycles. The van der Waals surface area contributed by atoms with Crippen molar-refractivity contribution in [2.75, 3.05) is 12.3 Å². The highest BCUT2D eigenvalue weighted by atomic mass is 32.2. The van der Waals surface area contributed by atoms with E-state index in [9.17, 15) is 8.42 Å². The van der Waals surface area contributed by atoms with Crippen LogP contribution in [0.1, 0.15) is 32.0 Å². The fraction of sp³-hybridized carbons (Fsp3) is 0.615. The fourth-order valence-corrected chi connectivity index (χ4v) is 2.51. The van der Waals surface area contributed by atoms with E-state index in [0.717, 1.165) is 12.1 Å². The molecule has 0 saturated heterocycles. The van der Waals surface area contributed by atoms with Gasteiger partial charge in [-0.05, 0) is 31.9 Å². The van der Waals surface area contributed by atoms with Crippen molar-refractivity contribution < 1.29 is 8.42 Å². The van der Waals surface area contributed by atoms with Crippen LogP contribution in [0.15, 0.2) is 18.3 Å². The lowest BCUT2D eigenvalue weighted by Gasteiger charge is -2.10. The molecule has 102 valence electrons. The number of nitrogens with one attached hydrogen (secondary N) is 1. The van der Waals surface area contributed by atoms with Gasteiger partial charge in [0.2, 0.25) is 0 Å². The highest BCUT2D eigenvalue weighted by molar-refractivity contribution is 7.92. The lowest BCUT2D eigenvalue weighted by Crippen LogP contribution is -2.27. The maximum atomic E-state index is 11.6. The van der Waals surface area contributed by atoms with Gasteiger partial charge in [0.25, 0.3) is 0 Å². The van der Waals surface area contributed by atoms with Crippen molar-refractivity contribution in [3.05, 3.63) is 29.6 Å². The van der Waals surface area contributed by atoms with E-state index in [2.05, 4.69) is 23.3 Å². The van der Waals surface area contributed by atoms with E-state index in [1.807, 2.05) is 6.07 Å². The Labute approximate surface area is 110 Å². The van der Waals surface area contributed by atoms with Crippen molar-refractivity contribution in [1.82, 2.24) is 10.3 Å². The largest absolute Gasteiger partial charge is 0.310 e. The van der Waals surface area contributed by atoms with Crippen LogP contribution >= 0.6 is 0 Å². The smallest absolute Gasteiger partial charge is 0.153 e. The van der Waals surface area contributed by atoms with E-state index < -0.39 is 9.84 Å². The Morgan fingerprint density at radius 3 is 2.72 bits per heavy atom. The van der Waals surface area contributed by atoms with E-state index in [4.69, 9.17) is 0 Å². The molecule has 0 saturated carbocycles. The first-order chi connectivity index (χ1) is 8.47. The van der Waals surface area contributed by atoms with Crippen LogP contribution in [0.5, 0.6) is 0 Å². The minimum atomic E-state index is -2.95. The van der Waals surface area contributed by atoms with E-state index in [-0.39, 0.29) is 11.0 Å². The summed E-state index contributed by atoms with van der Waals surface area (Å²) in [6.45, 7) is 6.61. The molecule has 4 nitrogen and oxygen atoms in total. The summed E-state index contributed by atoms with van der Waals surface area (Å²) in [4.78, 5) is 4.31. The lowest BCUT2D eigenvalue weighted by atomic mass is 10.1. The normalized spacial score (nSPS) is 12.0. The second kappa shape index (κ2) is 6.85. The zero-order valence-corrected chi connectivity index (χ0v) is 12.1. The number of aryl methyl sites for hydroxylation is 1. The third-order valence-corrected chi connectivity index (χ3v) is 5.15. The van der Waals surface area contributed by atoms with Gasteiger partial charge in [-0.1, -0.05) is 13.0 Å². The van der Waals surface area contributed by atoms with Crippen molar-refractivity contribution in [2.45, 2.75) is 39.0 Å². The number of hydrogen-bond donors (Lipinski definition) is 1. The summed E-state index contributed by atoms with van der Waals surface area (Å²) in [5.74, 6) is 0.180. The van der Waals surface area contributed by atoms with Gasteiger partial charge in [-0.2, -0.15) is 0 Å². The molecular formula is C13H22N2O2S. The molecule has 0 unspecified atom stereocenters. The second-order valence-electron chi connectivity index (χ2n) is 4.56. The third-order valence-electron chi connectivity index (χ3n) is 2.94. The van der Waals surface area contributed by atoms with Gasteiger partial charge in [0.15, 0.2) is 9.84 Å². The Morgan fingerprint density at radius 2 is 2.11 bits per heavy atom. The predicted molar refractivity (Wildman–Crippen MR) is 74.2 cm³/mol. The monoisotopic (exact) mass is 270 g/mol. The zero-order chi connectivity index (χ0) is 13.6. The topological polar surface area (TPSA) is 59.1 Å². The summed E-state index contributed by atoms with van der Waals surface area (Å²) in [5.41, 5.74) is 2.21. The summed E-state index contributed by atoms with van der Waals surface area (Å²) in [6, 6.07) is 3.97. The summed E-state index contributed by atoms with van der Waals surface area (Å²) < 4.78 is 23.2. The van der Waals surface area contributed by atoms with Crippen LogP contribution < -0.4 is 5.32 Å². The maximum absolute atomic E-state index is 11.6. The fourth-order valence-electron chi connectivity index (χ4n) is 1.61. The molecule has 18 heavy (non-hydrogen) atoms. The number of pyridine rings is 1. The van der Waals surface area contributed by atoms with Crippen LogP contribution in [0.3, 0.4) is 0 Å². The Bertz CT molecular complexity index is 470. The van der Waals surface area contributed by atoms with Crippen molar-refractivity contribution >= 4 is 9.84 Å². The Morgan fingerprint density at radius 1 is 1.39 bits per heavy atom. The number of nitrogens with zero attached hydrogens (tertiary/aromatic N) is 1. The quantitative estimate of drug-likeness (QED) is 0.764. The lowest BCUT2D eigenvalue weighted by molar-refractivity contribution is 0.581. The van der Waals surface area contributed by atoms with E-state index in [1.165, 1.54) is 5.56 Å². The molecule has 0 spiro atoms.